The van der Waals surface area contributed by atoms with Crippen LogP contribution in [0.2, 0.25) is 0 Å². The van der Waals surface area contributed by atoms with Crippen LogP contribution < -0.4 is 10.1 Å². The van der Waals surface area contributed by atoms with Crippen LogP contribution in [0, 0.1) is 0 Å². The summed E-state index contributed by atoms with van der Waals surface area (Å²) in [5, 5.41) is 3.56. The molecule has 0 aliphatic rings. The zero-order valence-corrected chi connectivity index (χ0v) is 13.6. The molecule has 1 aromatic carbocycles. The number of nitrogens with one attached hydrogen (secondary N) is 1. The maximum Gasteiger partial charge on any atom is 0.119 e. The summed E-state index contributed by atoms with van der Waals surface area (Å²) in [4.78, 5) is 0. The third-order valence-electron chi connectivity index (χ3n) is 3.24. The van der Waals surface area contributed by atoms with Crippen molar-refractivity contribution in [2.75, 3.05) is 40.1 Å². The van der Waals surface area contributed by atoms with Gasteiger partial charge >= 0.3 is 0 Å². The van der Waals surface area contributed by atoms with Gasteiger partial charge in [-0.2, -0.15) is 0 Å². The van der Waals surface area contributed by atoms with Crippen molar-refractivity contribution in [3.8, 4) is 5.75 Å². The van der Waals surface area contributed by atoms with Gasteiger partial charge in [0.25, 0.3) is 0 Å². The van der Waals surface area contributed by atoms with Crippen molar-refractivity contribution in [1.29, 1.82) is 0 Å². The lowest BCUT2D eigenvalue weighted by Gasteiger charge is -2.18. The van der Waals surface area contributed by atoms with Gasteiger partial charge in [-0.05, 0) is 37.1 Å². The van der Waals surface area contributed by atoms with Crippen LogP contribution in [0.5, 0.6) is 5.75 Å². The van der Waals surface area contributed by atoms with Crippen molar-refractivity contribution in [3.05, 3.63) is 29.8 Å². The molecule has 0 aliphatic carbocycles. The van der Waals surface area contributed by atoms with Crippen molar-refractivity contribution in [1.82, 2.24) is 5.32 Å². The zero-order chi connectivity index (χ0) is 15.3. The zero-order valence-electron chi connectivity index (χ0n) is 13.6. The number of hydrogen-bond donors (Lipinski definition) is 1. The fourth-order valence-corrected chi connectivity index (χ4v) is 2.10. The molecular formula is C17H29NO3. The third kappa shape index (κ3) is 7.46. The molecule has 0 amide bonds. The Morgan fingerprint density at radius 2 is 1.90 bits per heavy atom. The monoisotopic (exact) mass is 295 g/mol. The van der Waals surface area contributed by atoms with E-state index in [0.717, 1.165) is 25.1 Å². The van der Waals surface area contributed by atoms with Gasteiger partial charge in [0.2, 0.25) is 0 Å². The molecular weight excluding hydrogens is 266 g/mol. The Balaban J connectivity index is 2.40. The lowest BCUT2D eigenvalue weighted by Crippen LogP contribution is -2.21. The summed E-state index contributed by atoms with van der Waals surface area (Å²) < 4.78 is 16.0. The van der Waals surface area contributed by atoms with E-state index >= 15 is 0 Å². The SMILES string of the molecule is CCCNC(CC)c1cccc(OCCOCCOC)c1. The first-order chi connectivity index (χ1) is 10.3. The molecule has 0 bridgehead atoms. The molecule has 1 rings (SSSR count). The molecule has 0 saturated carbocycles. The molecule has 1 unspecified atom stereocenters. The predicted molar refractivity (Wildman–Crippen MR) is 86.0 cm³/mol. The van der Waals surface area contributed by atoms with Gasteiger partial charge in [0.1, 0.15) is 12.4 Å². The third-order valence-corrected chi connectivity index (χ3v) is 3.24. The minimum atomic E-state index is 0.395. The smallest absolute Gasteiger partial charge is 0.119 e. The van der Waals surface area contributed by atoms with E-state index in [0.29, 0.717) is 32.5 Å². The van der Waals surface area contributed by atoms with Crippen LogP contribution in [0.25, 0.3) is 0 Å². The molecule has 0 spiro atoms. The summed E-state index contributed by atoms with van der Waals surface area (Å²) in [6.07, 6.45) is 2.22. The lowest BCUT2D eigenvalue weighted by atomic mass is 10.0. The quantitative estimate of drug-likeness (QED) is 0.601. The minimum absolute atomic E-state index is 0.395. The topological polar surface area (TPSA) is 39.7 Å². The molecule has 120 valence electrons. The normalized spacial score (nSPS) is 12.3. The number of rotatable bonds is 12. The van der Waals surface area contributed by atoms with Gasteiger partial charge < -0.3 is 19.5 Å². The van der Waals surface area contributed by atoms with Gasteiger partial charge in [0.05, 0.1) is 19.8 Å². The number of benzene rings is 1. The highest BCUT2D eigenvalue weighted by atomic mass is 16.5. The Morgan fingerprint density at radius 3 is 2.62 bits per heavy atom. The van der Waals surface area contributed by atoms with Crippen molar-refractivity contribution in [2.24, 2.45) is 0 Å². The van der Waals surface area contributed by atoms with Gasteiger partial charge in [0.15, 0.2) is 0 Å². The van der Waals surface area contributed by atoms with Crippen LogP contribution >= 0.6 is 0 Å². The molecule has 4 heteroatoms. The second kappa shape index (κ2) is 11.5. The van der Waals surface area contributed by atoms with Crippen molar-refractivity contribution in [3.63, 3.8) is 0 Å². The summed E-state index contributed by atoms with van der Waals surface area (Å²) in [6.45, 7) is 7.80. The van der Waals surface area contributed by atoms with E-state index in [-0.39, 0.29) is 0 Å². The van der Waals surface area contributed by atoms with Crippen LogP contribution in [0.1, 0.15) is 38.3 Å². The fraction of sp³-hybridized carbons (Fsp3) is 0.647. The molecule has 0 fully saturated rings. The van der Waals surface area contributed by atoms with Crippen LogP contribution in [0.4, 0.5) is 0 Å². The Kier molecular flexibility index (Phi) is 9.87. The average molecular weight is 295 g/mol. The summed E-state index contributed by atoms with van der Waals surface area (Å²) in [5.74, 6) is 0.902. The molecule has 0 radical (unpaired) electrons. The van der Waals surface area contributed by atoms with Gasteiger partial charge in [0, 0.05) is 13.2 Å². The summed E-state index contributed by atoms with van der Waals surface area (Å²) in [7, 11) is 1.67. The highest BCUT2D eigenvalue weighted by Gasteiger charge is 2.08. The van der Waals surface area contributed by atoms with Crippen LogP contribution in [-0.4, -0.2) is 40.1 Å². The Hall–Kier alpha value is -1.10. The van der Waals surface area contributed by atoms with E-state index < -0.39 is 0 Å². The van der Waals surface area contributed by atoms with E-state index in [1.807, 2.05) is 12.1 Å². The first-order valence-corrected chi connectivity index (χ1v) is 7.84. The van der Waals surface area contributed by atoms with E-state index in [1.54, 1.807) is 7.11 Å². The summed E-state index contributed by atoms with van der Waals surface area (Å²) >= 11 is 0. The standard InChI is InChI=1S/C17H29NO3/c1-4-9-18-17(5-2)15-7-6-8-16(14-15)21-13-12-20-11-10-19-3/h6-8,14,17-18H,4-5,9-13H2,1-3H3. The first kappa shape index (κ1) is 18.0. The molecule has 1 atom stereocenters. The van der Waals surface area contributed by atoms with Crippen molar-refractivity contribution >= 4 is 0 Å². The molecule has 1 aromatic rings. The highest BCUT2D eigenvalue weighted by molar-refractivity contribution is 5.30. The molecule has 0 heterocycles. The second-order valence-corrected chi connectivity index (χ2v) is 4.94. The predicted octanol–water partition coefficient (Wildman–Crippen LogP) is 3.18. The summed E-state index contributed by atoms with van der Waals surface area (Å²) in [6, 6.07) is 8.70. The maximum absolute atomic E-state index is 5.73. The van der Waals surface area contributed by atoms with Gasteiger partial charge in [-0.25, -0.2) is 0 Å². The average Bonchev–Trinajstić information content (AvgIpc) is 2.52. The molecule has 0 saturated heterocycles. The lowest BCUT2D eigenvalue weighted by molar-refractivity contribution is 0.0544. The molecule has 0 aromatic heterocycles. The van der Waals surface area contributed by atoms with E-state index in [9.17, 15) is 0 Å². The van der Waals surface area contributed by atoms with Gasteiger partial charge in [-0.3, -0.25) is 0 Å². The van der Waals surface area contributed by atoms with Gasteiger partial charge in [-0.1, -0.05) is 26.0 Å². The second-order valence-electron chi connectivity index (χ2n) is 4.94. The Labute approximate surface area is 128 Å². The Morgan fingerprint density at radius 1 is 1.10 bits per heavy atom. The molecule has 21 heavy (non-hydrogen) atoms. The molecule has 1 N–H and O–H groups in total. The molecule has 4 nitrogen and oxygen atoms in total. The number of ether oxygens (including phenoxy) is 3. The first-order valence-electron chi connectivity index (χ1n) is 7.84. The van der Waals surface area contributed by atoms with E-state index in [1.165, 1.54) is 5.56 Å². The summed E-state index contributed by atoms with van der Waals surface area (Å²) in [5.41, 5.74) is 1.28. The minimum Gasteiger partial charge on any atom is -0.491 e. The van der Waals surface area contributed by atoms with Crippen LogP contribution in [0.15, 0.2) is 24.3 Å². The van der Waals surface area contributed by atoms with E-state index in [4.69, 9.17) is 14.2 Å². The largest absolute Gasteiger partial charge is 0.491 e. The highest BCUT2D eigenvalue weighted by Crippen LogP contribution is 2.21. The van der Waals surface area contributed by atoms with Crippen LogP contribution in [0.3, 0.4) is 0 Å². The number of methoxy groups -OCH3 is 1. The maximum atomic E-state index is 5.73. The van der Waals surface area contributed by atoms with Gasteiger partial charge in [-0.15, -0.1) is 0 Å². The van der Waals surface area contributed by atoms with Crippen LogP contribution in [-0.2, 0) is 9.47 Å². The molecule has 0 aliphatic heterocycles. The van der Waals surface area contributed by atoms with Crippen molar-refractivity contribution < 1.29 is 14.2 Å². The Bertz CT molecular complexity index is 371. The van der Waals surface area contributed by atoms with E-state index in [2.05, 4.69) is 31.3 Å². The fourth-order valence-electron chi connectivity index (χ4n) is 2.10. The number of hydrogen-bond acceptors (Lipinski definition) is 4. The van der Waals surface area contributed by atoms with Crippen molar-refractivity contribution in [2.45, 2.75) is 32.7 Å².